The molecule has 3 rings (SSSR count). The number of nitrogens with one attached hydrogen (secondary N) is 3. The van der Waals surface area contributed by atoms with Gasteiger partial charge in [0.05, 0.1) is 6.04 Å². The van der Waals surface area contributed by atoms with Gasteiger partial charge in [-0.3, -0.25) is 4.79 Å². The summed E-state index contributed by atoms with van der Waals surface area (Å²) in [5, 5.41) is 8.57. The van der Waals surface area contributed by atoms with Crippen molar-refractivity contribution in [3.63, 3.8) is 0 Å². The lowest BCUT2D eigenvalue weighted by atomic mass is 9.88. The van der Waals surface area contributed by atoms with E-state index in [1.54, 1.807) is 24.3 Å². The first-order chi connectivity index (χ1) is 13.7. The molecule has 3 amide bonds. The SMILES string of the molecule is CCCNC(=O)Nc1cccc(OCC(=O)N[C@H]2CCCc3ccccc32)c1. The Morgan fingerprint density at radius 2 is 2.00 bits per heavy atom. The van der Waals surface area contributed by atoms with Gasteiger partial charge < -0.3 is 20.7 Å². The van der Waals surface area contributed by atoms with Crippen LogP contribution in [0.2, 0.25) is 0 Å². The summed E-state index contributed by atoms with van der Waals surface area (Å²) in [6, 6.07) is 15.1. The Morgan fingerprint density at radius 3 is 2.86 bits per heavy atom. The zero-order chi connectivity index (χ0) is 19.8. The summed E-state index contributed by atoms with van der Waals surface area (Å²) >= 11 is 0. The molecule has 0 saturated carbocycles. The molecule has 148 valence electrons. The first kappa shape index (κ1) is 19.7. The fourth-order valence-electron chi connectivity index (χ4n) is 3.37. The van der Waals surface area contributed by atoms with E-state index in [-0.39, 0.29) is 24.6 Å². The number of urea groups is 1. The normalized spacial score (nSPS) is 15.2. The van der Waals surface area contributed by atoms with Crippen LogP contribution in [0.5, 0.6) is 5.75 Å². The highest BCUT2D eigenvalue weighted by molar-refractivity contribution is 5.89. The lowest BCUT2D eigenvalue weighted by Crippen LogP contribution is -2.34. The van der Waals surface area contributed by atoms with Crippen LogP contribution in [-0.4, -0.2) is 25.1 Å². The van der Waals surface area contributed by atoms with Gasteiger partial charge in [0.15, 0.2) is 6.61 Å². The molecule has 1 aliphatic carbocycles. The van der Waals surface area contributed by atoms with Crippen LogP contribution in [0, 0.1) is 0 Å². The van der Waals surface area contributed by atoms with E-state index in [9.17, 15) is 9.59 Å². The standard InChI is InChI=1S/C22H27N3O3/c1-2-13-23-22(27)24-17-9-6-10-18(14-17)28-15-21(26)25-20-12-5-8-16-7-3-4-11-19(16)20/h3-4,6-7,9-11,14,20H,2,5,8,12-13,15H2,1H3,(H,25,26)(H2,23,24,27)/t20-/m0/s1. The molecule has 1 aliphatic rings. The molecule has 6 heteroatoms. The first-order valence-electron chi connectivity index (χ1n) is 9.80. The Bertz CT molecular complexity index is 822. The van der Waals surface area contributed by atoms with Gasteiger partial charge in [-0.25, -0.2) is 4.79 Å². The lowest BCUT2D eigenvalue weighted by Gasteiger charge is -2.26. The zero-order valence-electron chi connectivity index (χ0n) is 16.2. The van der Waals surface area contributed by atoms with E-state index in [4.69, 9.17) is 4.74 Å². The van der Waals surface area contributed by atoms with Crippen molar-refractivity contribution in [3.8, 4) is 5.75 Å². The molecule has 28 heavy (non-hydrogen) atoms. The number of carbonyl (C=O) groups excluding carboxylic acids is 2. The molecule has 6 nitrogen and oxygen atoms in total. The van der Waals surface area contributed by atoms with Crippen molar-refractivity contribution in [3.05, 3.63) is 59.7 Å². The highest BCUT2D eigenvalue weighted by Gasteiger charge is 2.21. The van der Waals surface area contributed by atoms with E-state index in [1.165, 1.54) is 11.1 Å². The monoisotopic (exact) mass is 381 g/mol. The van der Waals surface area contributed by atoms with Gasteiger partial charge in [-0.1, -0.05) is 37.3 Å². The van der Waals surface area contributed by atoms with E-state index in [0.717, 1.165) is 25.7 Å². The molecule has 0 saturated heterocycles. The number of carbonyl (C=O) groups is 2. The predicted molar refractivity (Wildman–Crippen MR) is 110 cm³/mol. The van der Waals surface area contributed by atoms with Crippen molar-refractivity contribution in [1.29, 1.82) is 0 Å². The van der Waals surface area contributed by atoms with Crippen LogP contribution in [0.3, 0.4) is 0 Å². The number of amides is 3. The van der Waals surface area contributed by atoms with Crippen molar-refractivity contribution in [2.24, 2.45) is 0 Å². The summed E-state index contributed by atoms with van der Waals surface area (Å²) in [6.07, 6.45) is 3.94. The first-order valence-corrected chi connectivity index (χ1v) is 9.80. The molecule has 0 heterocycles. The quantitative estimate of drug-likeness (QED) is 0.683. The average Bonchev–Trinajstić information content (AvgIpc) is 2.71. The smallest absolute Gasteiger partial charge is 0.319 e. The van der Waals surface area contributed by atoms with Crippen molar-refractivity contribution < 1.29 is 14.3 Å². The van der Waals surface area contributed by atoms with Gasteiger partial charge >= 0.3 is 6.03 Å². The third-order valence-corrected chi connectivity index (χ3v) is 4.70. The minimum absolute atomic E-state index is 0.0383. The van der Waals surface area contributed by atoms with E-state index in [0.29, 0.717) is 18.0 Å². The van der Waals surface area contributed by atoms with Gasteiger partial charge in [0.2, 0.25) is 0 Å². The Balaban J connectivity index is 1.51. The van der Waals surface area contributed by atoms with Crippen LogP contribution in [0.15, 0.2) is 48.5 Å². The van der Waals surface area contributed by atoms with Crippen LogP contribution >= 0.6 is 0 Å². The molecule has 0 spiro atoms. The topological polar surface area (TPSA) is 79.5 Å². The number of ether oxygens (including phenoxy) is 1. The number of fused-ring (bicyclic) bond motifs is 1. The van der Waals surface area contributed by atoms with Gasteiger partial charge in [0.1, 0.15) is 5.75 Å². The van der Waals surface area contributed by atoms with Crippen molar-refractivity contribution in [2.45, 2.75) is 38.6 Å². The fourth-order valence-corrected chi connectivity index (χ4v) is 3.37. The van der Waals surface area contributed by atoms with Crippen LogP contribution < -0.4 is 20.7 Å². The molecule has 2 aromatic carbocycles. The minimum Gasteiger partial charge on any atom is -0.484 e. The Morgan fingerprint density at radius 1 is 1.14 bits per heavy atom. The van der Waals surface area contributed by atoms with Crippen LogP contribution in [0.1, 0.15) is 43.4 Å². The van der Waals surface area contributed by atoms with Gasteiger partial charge in [-0.2, -0.15) is 0 Å². The van der Waals surface area contributed by atoms with E-state index in [1.807, 2.05) is 19.1 Å². The largest absolute Gasteiger partial charge is 0.484 e. The highest BCUT2D eigenvalue weighted by Crippen LogP contribution is 2.29. The molecular formula is C22H27N3O3. The predicted octanol–water partition coefficient (Wildman–Crippen LogP) is 3.79. The molecule has 1 atom stereocenters. The van der Waals surface area contributed by atoms with Crippen LogP contribution in [0.4, 0.5) is 10.5 Å². The third-order valence-electron chi connectivity index (χ3n) is 4.70. The van der Waals surface area contributed by atoms with Crippen molar-refractivity contribution >= 4 is 17.6 Å². The number of anilines is 1. The third kappa shape index (κ3) is 5.49. The number of rotatable bonds is 7. The van der Waals surface area contributed by atoms with Crippen molar-refractivity contribution in [2.75, 3.05) is 18.5 Å². The molecule has 0 radical (unpaired) electrons. The number of benzene rings is 2. The second-order valence-corrected chi connectivity index (χ2v) is 6.91. The molecule has 2 aromatic rings. The van der Waals surface area contributed by atoms with Crippen molar-refractivity contribution in [1.82, 2.24) is 10.6 Å². The van der Waals surface area contributed by atoms with Gasteiger partial charge in [-0.15, -0.1) is 0 Å². The molecule has 0 aromatic heterocycles. The Kier molecular flexibility index (Phi) is 6.89. The maximum absolute atomic E-state index is 12.4. The van der Waals surface area contributed by atoms with E-state index >= 15 is 0 Å². The van der Waals surface area contributed by atoms with Gasteiger partial charge in [-0.05, 0) is 48.9 Å². The van der Waals surface area contributed by atoms with E-state index < -0.39 is 0 Å². The molecular weight excluding hydrogens is 354 g/mol. The number of hydrogen-bond donors (Lipinski definition) is 3. The fraction of sp³-hybridized carbons (Fsp3) is 0.364. The summed E-state index contributed by atoms with van der Waals surface area (Å²) in [4.78, 5) is 24.1. The maximum atomic E-state index is 12.4. The Labute approximate surface area is 165 Å². The summed E-state index contributed by atoms with van der Waals surface area (Å²) in [5.41, 5.74) is 3.12. The highest BCUT2D eigenvalue weighted by atomic mass is 16.5. The van der Waals surface area contributed by atoms with Gasteiger partial charge in [0.25, 0.3) is 5.91 Å². The summed E-state index contributed by atoms with van der Waals surface area (Å²) in [5.74, 6) is 0.383. The summed E-state index contributed by atoms with van der Waals surface area (Å²) in [7, 11) is 0. The number of hydrogen-bond acceptors (Lipinski definition) is 3. The Hall–Kier alpha value is -3.02. The second kappa shape index (κ2) is 9.78. The maximum Gasteiger partial charge on any atom is 0.319 e. The second-order valence-electron chi connectivity index (χ2n) is 6.91. The van der Waals surface area contributed by atoms with Gasteiger partial charge in [0, 0.05) is 18.3 Å². The average molecular weight is 381 g/mol. The number of aryl methyl sites for hydroxylation is 1. The molecule has 3 N–H and O–H groups in total. The summed E-state index contributed by atoms with van der Waals surface area (Å²) in [6.45, 7) is 2.54. The van der Waals surface area contributed by atoms with Crippen LogP contribution in [-0.2, 0) is 11.2 Å². The molecule has 0 aliphatic heterocycles. The minimum atomic E-state index is -0.257. The lowest BCUT2D eigenvalue weighted by molar-refractivity contribution is -0.123. The zero-order valence-corrected chi connectivity index (χ0v) is 16.2. The molecule has 0 unspecified atom stereocenters. The summed E-state index contributed by atoms with van der Waals surface area (Å²) < 4.78 is 5.62. The van der Waals surface area contributed by atoms with Crippen LogP contribution in [0.25, 0.3) is 0 Å². The molecule has 0 bridgehead atoms. The molecule has 0 fully saturated rings. The van der Waals surface area contributed by atoms with E-state index in [2.05, 4.69) is 28.1 Å².